The summed E-state index contributed by atoms with van der Waals surface area (Å²) in [6.07, 6.45) is 7.99. The smallest absolute Gasteiger partial charge is 0.166 e. The number of hydrogen-bond donors (Lipinski definition) is 0. The fourth-order valence-corrected chi connectivity index (χ4v) is 3.25. The standard InChI is InChI=1S/C17H23ClO3/c1-20-16-11-14(18)17(21-2)10-13(16)15(19)9-8-12-6-4-3-5-7-12/h10-12H,3-9H2,1-2H3. The Hall–Kier alpha value is -1.22. The summed E-state index contributed by atoms with van der Waals surface area (Å²) in [6, 6.07) is 3.33. The minimum absolute atomic E-state index is 0.104. The lowest BCUT2D eigenvalue weighted by Crippen LogP contribution is -2.10. The molecule has 0 saturated heterocycles. The predicted octanol–water partition coefficient (Wildman–Crippen LogP) is 4.90. The molecular weight excluding hydrogens is 288 g/mol. The summed E-state index contributed by atoms with van der Waals surface area (Å²) < 4.78 is 10.5. The second-order valence-corrected chi connectivity index (χ2v) is 6.06. The van der Waals surface area contributed by atoms with E-state index in [1.165, 1.54) is 32.1 Å². The molecule has 0 spiro atoms. The largest absolute Gasteiger partial charge is 0.496 e. The molecular formula is C17H23ClO3. The lowest BCUT2D eigenvalue weighted by atomic mass is 9.85. The molecule has 0 atom stereocenters. The first-order valence-corrected chi connectivity index (χ1v) is 7.98. The molecule has 2 rings (SSSR count). The predicted molar refractivity (Wildman–Crippen MR) is 84.7 cm³/mol. The van der Waals surface area contributed by atoms with Crippen LogP contribution in [0.25, 0.3) is 0 Å². The molecule has 0 bridgehead atoms. The van der Waals surface area contributed by atoms with Gasteiger partial charge in [-0.05, 0) is 18.4 Å². The van der Waals surface area contributed by atoms with Gasteiger partial charge in [0.1, 0.15) is 11.5 Å². The molecule has 4 heteroatoms. The Labute approximate surface area is 131 Å². The number of carbonyl (C=O) groups is 1. The van der Waals surface area contributed by atoms with Crippen molar-refractivity contribution in [1.29, 1.82) is 0 Å². The normalized spacial score (nSPS) is 15.8. The summed E-state index contributed by atoms with van der Waals surface area (Å²) in [5.41, 5.74) is 0.564. The van der Waals surface area contributed by atoms with E-state index in [-0.39, 0.29) is 5.78 Å². The topological polar surface area (TPSA) is 35.5 Å². The maximum Gasteiger partial charge on any atom is 0.166 e. The van der Waals surface area contributed by atoms with E-state index in [1.807, 2.05) is 0 Å². The van der Waals surface area contributed by atoms with Crippen LogP contribution in [0.1, 0.15) is 55.3 Å². The Balaban J connectivity index is 2.06. The van der Waals surface area contributed by atoms with Crippen molar-refractivity contribution in [3.05, 3.63) is 22.7 Å². The van der Waals surface area contributed by atoms with Crippen molar-refractivity contribution in [3.63, 3.8) is 0 Å². The first kappa shape index (κ1) is 16.2. The van der Waals surface area contributed by atoms with Crippen LogP contribution in [0.5, 0.6) is 11.5 Å². The Kier molecular flexibility index (Phi) is 5.92. The average Bonchev–Trinajstić information content (AvgIpc) is 2.53. The van der Waals surface area contributed by atoms with Crippen LogP contribution in [0.2, 0.25) is 5.02 Å². The van der Waals surface area contributed by atoms with Gasteiger partial charge in [0.05, 0.1) is 24.8 Å². The number of ketones is 1. The minimum atomic E-state index is 0.104. The summed E-state index contributed by atoms with van der Waals surface area (Å²) in [5, 5.41) is 0.457. The highest BCUT2D eigenvalue weighted by Gasteiger charge is 2.19. The first-order chi connectivity index (χ1) is 10.2. The van der Waals surface area contributed by atoms with Crippen LogP contribution < -0.4 is 9.47 Å². The van der Waals surface area contributed by atoms with E-state index in [9.17, 15) is 4.79 Å². The lowest BCUT2D eigenvalue weighted by Gasteiger charge is -2.21. The number of carbonyl (C=O) groups excluding carboxylic acids is 1. The van der Waals surface area contributed by atoms with Gasteiger partial charge in [0.15, 0.2) is 5.78 Å². The fraction of sp³-hybridized carbons (Fsp3) is 0.588. The number of Topliss-reactive ketones (excluding diaryl/α,β-unsaturated/α-hetero) is 1. The third-order valence-electron chi connectivity index (χ3n) is 4.28. The molecule has 0 aliphatic heterocycles. The van der Waals surface area contributed by atoms with Crippen LogP contribution in [0.3, 0.4) is 0 Å². The van der Waals surface area contributed by atoms with Crippen LogP contribution >= 0.6 is 11.6 Å². The number of benzene rings is 1. The van der Waals surface area contributed by atoms with E-state index in [0.29, 0.717) is 34.4 Å². The molecule has 1 aromatic carbocycles. The van der Waals surface area contributed by atoms with E-state index in [1.54, 1.807) is 26.4 Å². The Bertz CT molecular complexity index is 493. The molecule has 1 fully saturated rings. The van der Waals surface area contributed by atoms with Crippen molar-refractivity contribution in [2.75, 3.05) is 14.2 Å². The third kappa shape index (κ3) is 4.13. The molecule has 0 unspecified atom stereocenters. The van der Waals surface area contributed by atoms with Crippen molar-refractivity contribution in [1.82, 2.24) is 0 Å². The number of rotatable bonds is 6. The van der Waals surface area contributed by atoms with E-state index < -0.39 is 0 Å². The number of ether oxygens (including phenoxy) is 2. The van der Waals surface area contributed by atoms with Crippen LogP contribution in [0.15, 0.2) is 12.1 Å². The van der Waals surface area contributed by atoms with Crippen molar-refractivity contribution < 1.29 is 14.3 Å². The average molecular weight is 311 g/mol. The summed E-state index contributed by atoms with van der Waals surface area (Å²) in [4.78, 5) is 12.5. The quantitative estimate of drug-likeness (QED) is 0.701. The maximum absolute atomic E-state index is 12.5. The summed E-state index contributed by atoms with van der Waals surface area (Å²) in [5.74, 6) is 1.84. The third-order valence-corrected chi connectivity index (χ3v) is 4.57. The number of methoxy groups -OCH3 is 2. The van der Waals surface area contributed by atoms with Gasteiger partial charge in [0.25, 0.3) is 0 Å². The molecule has 0 amide bonds. The number of hydrogen-bond acceptors (Lipinski definition) is 3. The van der Waals surface area contributed by atoms with E-state index >= 15 is 0 Å². The van der Waals surface area contributed by atoms with Gasteiger partial charge in [0.2, 0.25) is 0 Å². The highest BCUT2D eigenvalue weighted by atomic mass is 35.5. The summed E-state index contributed by atoms with van der Waals surface area (Å²) in [7, 11) is 3.10. The molecule has 21 heavy (non-hydrogen) atoms. The highest BCUT2D eigenvalue weighted by Crippen LogP contribution is 2.34. The lowest BCUT2D eigenvalue weighted by molar-refractivity contribution is 0.0967. The zero-order valence-electron chi connectivity index (χ0n) is 12.8. The van der Waals surface area contributed by atoms with Gasteiger partial charge in [-0.15, -0.1) is 0 Å². The van der Waals surface area contributed by atoms with Crippen molar-refractivity contribution in [3.8, 4) is 11.5 Å². The SMILES string of the molecule is COc1cc(C(=O)CCC2CCCCC2)c(OC)cc1Cl. The van der Waals surface area contributed by atoms with Crippen LogP contribution in [-0.4, -0.2) is 20.0 Å². The second-order valence-electron chi connectivity index (χ2n) is 5.65. The van der Waals surface area contributed by atoms with Crippen LogP contribution in [0, 0.1) is 5.92 Å². The van der Waals surface area contributed by atoms with E-state index in [0.717, 1.165) is 6.42 Å². The molecule has 0 heterocycles. The Morgan fingerprint density at radius 2 is 1.81 bits per heavy atom. The van der Waals surface area contributed by atoms with Gasteiger partial charge in [-0.1, -0.05) is 43.7 Å². The molecule has 1 aromatic rings. The van der Waals surface area contributed by atoms with Gasteiger partial charge in [0, 0.05) is 12.5 Å². The van der Waals surface area contributed by atoms with Gasteiger partial charge in [-0.2, -0.15) is 0 Å². The molecule has 116 valence electrons. The Morgan fingerprint density at radius 3 is 2.43 bits per heavy atom. The molecule has 1 saturated carbocycles. The molecule has 1 aliphatic rings. The van der Waals surface area contributed by atoms with E-state index in [4.69, 9.17) is 21.1 Å². The Morgan fingerprint density at radius 1 is 1.14 bits per heavy atom. The van der Waals surface area contributed by atoms with Crippen LogP contribution in [0.4, 0.5) is 0 Å². The molecule has 0 N–H and O–H groups in total. The van der Waals surface area contributed by atoms with Gasteiger partial charge in [-0.25, -0.2) is 0 Å². The van der Waals surface area contributed by atoms with E-state index in [2.05, 4.69) is 0 Å². The maximum atomic E-state index is 12.5. The van der Waals surface area contributed by atoms with Crippen LogP contribution in [-0.2, 0) is 0 Å². The van der Waals surface area contributed by atoms with Gasteiger partial charge >= 0.3 is 0 Å². The second kappa shape index (κ2) is 7.69. The summed E-state index contributed by atoms with van der Waals surface area (Å²) in [6.45, 7) is 0. The van der Waals surface area contributed by atoms with Crippen molar-refractivity contribution in [2.24, 2.45) is 5.92 Å². The summed E-state index contributed by atoms with van der Waals surface area (Å²) >= 11 is 6.07. The molecule has 0 aromatic heterocycles. The zero-order valence-corrected chi connectivity index (χ0v) is 13.5. The van der Waals surface area contributed by atoms with Crippen molar-refractivity contribution in [2.45, 2.75) is 44.9 Å². The van der Waals surface area contributed by atoms with Crippen molar-refractivity contribution >= 4 is 17.4 Å². The number of halogens is 1. The molecule has 1 aliphatic carbocycles. The highest BCUT2D eigenvalue weighted by molar-refractivity contribution is 6.32. The van der Waals surface area contributed by atoms with Gasteiger partial charge < -0.3 is 9.47 Å². The van der Waals surface area contributed by atoms with Gasteiger partial charge in [-0.3, -0.25) is 4.79 Å². The molecule has 3 nitrogen and oxygen atoms in total. The minimum Gasteiger partial charge on any atom is -0.496 e. The first-order valence-electron chi connectivity index (χ1n) is 7.60. The zero-order chi connectivity index (χ0) is 15.2. The molecule has 0 radical (unpaired) electrons. The monoisotopic (exact) mass is 310 g/mol. The fourth-order valence-electron chi connectivity index (χ4n) is 3.02.